The highest BCUT2D eigenvalue weighted by atomic mass is 16.4. The molecular formula is C25H45N3O2. The number of hydrogen-bond donors (Lipinski definition) is 1. The van der Waals surface area contributed by atoms with Gasteiger partial charge in [-0.05, 0) is 25.7 Å². The minimum absolute atomic E-state index is 0.0821. The van der Waals surface area contributed by atoms with Crippen molar-refractivity contribution in [2.75, 3.05) is 19.6 Å². The third-order valence-corrected chi connectivity index (χ3v) is 5.94. The van der Waals surface area contributed by atoms with E-state index in [1.807, 2.05) is 6.20 Å². The van der Waals surface area contributed by atoms with Gasteiger partial charge in [-0.1, -0.05) is 83.3 Å². The van der Waals surface area contributed by atoms with Crippen molar-refractivity contribution in [2.45, 2.75) is 103 Å². The average molecular weight is 420 g/mol. The molecule has 1 atom stereocenters. The van der Waals surface area contributed by atoms with Gasteiger partial charge in [-0.3, -0.25) is 0 Å². The zero-order chi connectivity index (χ0) is 21.9. The number of carboxylic acids is 1. The van der Waals surface area contributed by atoms with E-state index < -0.39 is 5.97 Å². The highest BCUT2D eigenvalue weighted by molar-refractivity contribution is 5.80. The summed E-state index contributed by atoms with van der Waals surface area (Å²) < 4.78 is 0.223. The van der Waals surface area contributed by atoms with Crippen LogP contribution in [0.1, 0.15) is 103 Å². The van der Waals surface area contributed by atoms with Crippen molar-refractivity contribution in [3.8, 4) is 0 Å². The number of hydrogen-bond acceptors (Lipinski definition) is 4. The second kappa shape index (κ2) is 17.2. The van der Waals surface area contributed by atoms with E-state index in [-0.39, 0.29) is 11.0 Å². The first-order chi connectivity index (χ1) is 14.6. The van der Waals surface area contributed by atoms with Crippen molar-refractivity contribution in [1.29, 1.82) is 0 Å². The topological polar surface area (TPSA) is 78.5 Å². The molecule has 1 aliphatic heterocycles. The number of nitrogens with two attached hydrogens (primary N) is 1. The summed E-state index contributed by atoms with van der Waals surface area (Å²) in [6, 6.07) is 0. The average Bonchev–Trinajstić information content (AvgIpc) is 3.09. The van der Waals surface area contributed by atoms with Crippen molar-refractivity contribution in [2.24, 2.45) is 10.7 Å². The first kappa shape index (κ1) is 26.6. The number of amidine groups is 1. The Bertz CT molecular complexity index is 543. The standard InChI is InChI=1S/C25H45N3O2/c1-2-3-4-5-6-7-8-9-10-11-12-13-14-15-16-17-18-24-27-20-22-28(24,21-19-26)23-25(29)30/h14-15,20,22H,2-13,16-19,21,23,26H2,1H3/b15-14+. The Labute approximate surface area is 184 Å². The molecular weight excluding hydrogens is 374 g/mol. The van der Waals surface area contributed by atoms with Crippen molar-refractivity contribution in [3.05, 3.63) is 24.6 Å². The summed E-state index contributed by atoms with van der Waals surface area (Å²) in [6.45, 7) is 3.17. The molecule has 0 amide bonds. The smallest absolute Gasteiger partial charge is 0.207 e. The van der Waals surface area contributed by atoms with E-state index in [0.717, 1.165) is 31.5 Å². The molecule has 0 aromatic rings. The molecule has 0 saturated carbocycles. The maximum absolute atomic E-state index is 11.1. The minimum atomic E-state index is -1.06. The lowest BCUT2D eigenvalue weighted by atomic mass is 10.1. The quantitative estimate of drug-likeness (QED) is 0.174. The highest BCUT2D eigenvalue weighted by Crippen LogP contribution is 2.20. The maximum Gasteiger partial charge on any atom is 0.207 e. The zero-order valence-electron chi connectivity index (χ0n) is 19.3. The number of carbonyl (C=O) groups is 1. The van der Waals surface area contributed by atoms with Gasteiger partial charge in [0.2, 0.25) is 5.84 Å². The summed E-state index contributed by atoms with van der Waals surface area (Å²) in [5, 5.41) is 11.1. The Kier molecular flexibility index (Phi) is 15.3. The van der Waals surface area contributed by atoms with Crippen LogP contribution in [0.5, 0.6) is 0 Å². The molecule has 0 fully saturated rings. The van der Waals surface area contributed by atoms with Crippen LogP contribution in [0.2, 0.25) is 0 Å². The molecule has 1 aliphatic rings. The van der Waals surface area contributed by atoms with Crippen molar-refractivity contribution >= 4 is 11.8 Å². The molecule has 1 unspecified atom stereocenters. The van der Waals surface area contributed by atoms with Gasteiger partial charge in [0, 0.05) is 13.0 Å². The Hall–Kier alpha value is -1.46. The lowest BCUT2D eigenvalue weighted by Gasteiger charge is -2.32. The van der Waals surface area contributed by atoms with Crippen molar-refractivity contribution in [3.63, 3.8) is 0 Å². The monoisotopic (exact) mass is 419 g/mol. The van der Waals surface area contributed by atoms with E-state index in [1.54, 1.807) is 6.20 Å². The molecule has 2 N–H and O–H groups in total. The zero-order valence-corrected chi connectivity index (χ0v) is 19.3. The van der Waals surface area contributed by atoms with Crippen LogP contribution in [-0.4, -0.2) is 35.9 Å². The Morgan fingerprint density at radius 2 is 1.53 bits per heavy atom. The Balaban J connectivity index is 2.02. The number of rotatable bonds is 20. The van der Waals surface area contributed by atoms with Gasteiger partial charge in [0.05, 0.1) is 12.2 Å². The van der Waals surface area contributed by atoms with E-state index in [0.29, 0.717) is 13.1 Å². The summed E-state index contributed by atoms with van der Waals surface area (Å²) in [6.07, 6.45) is 27.2. The fourth-order valence-electron chi connectivity index (χ4n) is 4.16. The Morgan fingerprint density at radius 3 is 2.10 bits per heavy atom. The molecule has 0 spiro atoms. The van der Waals surface area contributed by atoms with Crippen LogP contribution < -0.4 is 10.8 Å². The minimum Gasteiger partial charge on any atom is -0.544 e. The predicted octanol–water partition coefficient (Wildman–Crippen LogP) is 4.82. The SMILES string of the molecule is CCCCCCCCCCCCC/C=C/CCCC1=NC=C[N+]1(CCN)CC(=O)[O-]. The van der Waals surface area contributed by atoms with Gasteiger partial charge in [-0.2, -0.15) is 0 Å². The third-order valence-electron chi connectivity index (χ3n) is 5.94. The Morgan fingerprint density at radius 1 is 0.967 bits per heavy atom. The summed E-state index contributed by atoms with van der Waals surface area (Å²) in [5.41, 5.74) is 5.69. The number of aliphatic carboxylic acids is 1. The summed E-state index contributed by atoms with van der Waals surface area (Å²) in [4.78, 5) is 15.5. The van der Waals surface area contributed by atoms with Crippen LogP contribution in [0.4, 0.5) is 0 Å². The lowest BCUT2D eigenvalue weighted by molar-refractivity contribution is -0.780. The number of aliphatic imine (C=N–C) groups is 1. The first-order valence-corrected chi connectivity index (χ1v) is 12.3. The third kappa shape index (κ3) is 11.7. The molecule has 0 aromatic carbocycles. The number of quaternary nitrogens is 1. The van der Waals surface area contributed by atoms with Gasteiger partial charge in [-0.15, -0.1) is 0 Å². The molecule has 0 bridgehead atoms. The number of nitrogens with zero attached hydrogens (tertiary/aromatic N) is 2. The van der Waals surface area contributed by atoms with E-state index in [2.05, 4.69) is 24.1 Å². The second-order valence-corrected chi connectivity index (χ2v) is 8.61. The van der Waals surface area contributed by atoms with E-state index in [1.165, 1.54) is 70.6 Å². The van der Waals surface area contributed by atoms with Crippen LogP contribution in [0.3, 0.4) is 0 Å². The molecule has 172 valence electrons. The fraction of sp³-hybridized carbons (Fsp3) is 0.760. The van der Waals surface area contributed by atoms with Gasteiger partial charge in [0.15, 0.2) is 0 Å². The summed E-state index contributed by atoms with van der Waals surface area (Å²) in [7, 11) is 0. The van der Waals surface area contributed by atoms with Crippen LogP contribution in [0.25, 0.3) is 0 Å². The molecule has 5 nitrogen and oxygen atoms in total. The van der Waals surface area contributed by atoms with E-state index in [4.69, 9.17) is 5.73 Å². The number of carbonyl (C=O) groups excluding carboxylic acids is 1. The molecule has 1 rings (SSSR count). The van der Waals surface area contributed by atoms with Crippen molar-refractivity contribution in [1.82, 2.24) is 0 Å². The van der Waals surface area contributed by atoms with Gasteiger partial charge in [0.1, 0.15) is 19.3 Å². The number of allylic oxidation sites excluding steroid dienone is 2. The molecule has 0 aromatic heterocycles. The predicted molar refractivity (Wildman–Crippen MR) is 125 cm³/mol. The van der Waals surface area contributed by atoms with Gasteiger partial charge < -0.3 is 15.6 Å². The summed E-state index contributed by atoms with van der Waals surface area (Å²) in [5.74, 6) is -0.169. The maximum atomic E-state index is 11.1. The van der Waals surface area contributed by atoms with Gasteiger partial charge in [-0.25, -0.2) is 9.48 Å². The van der Waals surface area contributed by atoms with Crippen LogP contribution in [0.15, 0.2) is 29.5 Å². The second-order valence-electron chi connectivity index (χ2n) is 8.61. The molecule has 0 radical (unpaired) electrons. The fourth-order valence-corrected chi connectivity index (χ4v) is 4.16. The molecule has 5 heteroatoms. The first-order valence-electron chi connectivity index (χ1n) is 12.3. The van der Waals surface area contributed by atoms with Crippen molar-refractivity contribution < 1.29 is 14.4 Å². The summed E-state index contributed by atoms with van der Waals surface area (Å²) >= 11 is 0. The number of carboxylic acid groups (broad SMARTS) is 1. The molecule has 30 heavy (non-hydrogen) atoms. The number of unbranched alkanes of at least 4 members (excludes halogenated alkanes) is 12. The van der Waals surface area contributed by atoms with Crippen LogP contribution in [-0.2, 0) is 4.79 Å². The molecule has 0 saturated heterocycles. The van der Waals surface area contributed by atoms with Gasteiger partial charge >= 0.3 is 0 Å². The van der Waals surface area contributed by atoms with E-state index in [9.17, 15) is 9.90 Å². The van der Waals surface area contributed by atoms with Crippen LogP contribution >= 0.6 is 0 Å². The van der Waals surface area contributed by atoms with Gasteiger partial charge in [0.25, 0.3) is 0 Å². The highest BCUT2D eigenvalue weighted by Gasteiger charge is 2.34. The van der Waals surface area contributed by atoms with Crippen LogP contribution in [0, 0.1) is 0 Å². The molecule has 0 aliphatic carbocycles. The van der Waals surface area contributed by atoms with E-state index >= 15 is 0 Å². The normalized spacial score (nSPS) is 18.4. The largest absolute Gasteiger partial charge is 0.544 e. The lowest BCUT2D eigenvalue weighted by Crippen LogP contribution is -2.55. The molecule has 1 heterocycles.